The molecule has 0 atom stereocenters. The van der Waals surface area contributed by atoms with Crippen LogP contribution in [-0.4, -0.2) is 28.8 Å². The van der Waals surface area contributed by atoms with Gasteiger partial charge in [0.15, 0.2) is 0 Å². The normalized spacial score (nSPS) is 18.9. The number of ketones is 1. The predicted octanol–water partition coefficient (Wildman–Crippen LogP) is 2.25. The quantitative estimate of drug-likeness (QED) is 0.810. The second-order valence-corrected chi connectivity index (χ2v) is 5.58. The lowest BCUT2D eigenvalue weighted by Crippen LogP contribution is -2.35. The number of piperidine rings is 1. The lowest BCUT2D eigenvalue weighted by atomic mass is 9.93. The maximum atomic E-state index is 11.2. The molecule has 0 aliphatic carbocycles. The molecule has 1 aromatic heterocycles. The summed E-state index contributed by atoms with van der Waals surface area (Å²) in [5.41, 5.74) is 1.17. The molecule has 0 saturated carbocycles. The molecule has 1 saturated heterocycles. The lowest BCUT2D eigenvalue weighted by molar-refractivity contribution is -0.122. The lowest BCUT2D eigenvalue weighted by Gasteiger charge is -2.30. The molecule has 1 aliphatic rings. The topological polar surface area (TPSA) is 33.2 Å². The van der Waals surface area contributed by atoms with Crippen LogP contribution in [0.25, 0.3) is 0 Å². The molecular weight excluding hydrogens is 220 g/mol. The summed E-state index contributed by atoms with van der Waals surface area (Å²) in [5, 5.41) is 3.26. The van der Waals surface area contributed by atoms with E-state index in [1.807, 2.05) is 6.92 Å². The van der Waals surface area contributed by atoms with Gasteiger partial charge < -0.3 is 0 Å². The molecule has 0 radical (unpaired) electrons. The molecule has 1 aromatic rings. The molecule has 2 rings (SSSR count). The van der Waals surface area contributed by atoms with E-state index >= 15 is 0 Å². The number of Topliss-reactive ketones (excluding diaryl/α,β-unsaturated/α-hetero) is 1. The van der Waals surface area contributed by atoms with E-state index in [-0.39, 0.29) is 0 Å². The molecule has 0 aromatic carbocycles. The third-order valence-electron chi connectivity index (χ3n) is 3.21. The van der Waals surface area contributed by atoms with Gasteiger partial charge in [-0.2, -0.15) is 0 Å². The van der Waals surface area contributed by atoms with Crippen LogP contribution in [0.4, 0.5) is 0 Å². The fourth-order valence-corrected chi connectivity index (χ4v) is 2.81. The second kappa shape index (κ2) is 5.06. The van der Waals surface area contributed by atoms with E-state index in [4.69, 9.17) is 0 Å². The van der Waals surface area contributed by atoms with Crippen LogP contribution in [0.15, 0.2) is 5.38 Å². The SMILES string of the molecule is CC(=O)C1CCN(Cc2csc(C)n2)CC1. The van der Waals surface area contributed by atoms with Gasteiger partial charge in [0, 0.05) is 17.8 Å². The van der Waals surface area contributed by atoms with Crippen LogP contribution >= 0.6 is 11.3 Å². The zero-order chi connectivity index (χ0) is 11.5. The number of aryl methyl sites for hydroxylation is 1. The van der Waals surface area contributed by atoms with Gasteiger partial charge >= 0.3 is 0 Å². The summed E-state index contributed by atoms with van der Waals surface area (Å²) in [6.07, 6.45) is 2.02. The Labute approximate surface area is 100 Å². The van der Waals surface area contributed by atoms with Crippen molar-refractivity contribution in [2.24, 2.45) is 5.92 Å². The van der Waals surface area contributed by atoms with Crippen LogP contribution in [0.1, 0.15) is 30.5 Å². The number of likely N-dealkylation sites (tertiary alicyclic amines) is 1. The van der Waals surface area contributed by atoms with Crippen molar-refractivity contribution in [3.63, 3.8) is 0 Å². The van der Waals surface area contributed by atoms with Gasteiger partial charge in [0.2, 0.25) is 0 Å². The minimum Gasteiger partial charge on any atom is -0.300 e. The summed E-state index contributed by atoms with van der Waals surface area (Å²) >= 11 is 1.71. The zero-order valence-corrected chi connectivity index (χ0v) is 10.7. The first-order valence-corrected chi connectivity index (χ1v) is 6.67. The molecule has 0 bridgehead atoms. The van der Waals surface area contributed by atoms with Crippen LogP contribution in [0.2, 0.25) is 0 Å². The maximum absolute atomic E-state index is 11.2. The first-order valence-electron chi connectivity index (χ1n) is 5.79. The number of thiazole rings is 1. The van der Waals surface area contributed by atoms with Gasteiger partial charge in [-0.05, 0) is 39.8 Å². The van der Waals surface area contributed by atoms with E-state index < -0.39 is 0 Å². The maximum Gasteiger partial charge on any atom is 0.133 e. The van der Waals surface area contributed by atoms with Gasteiger partial charge in [-0.15, -0.1) is 11.3 Å². The standard InChI is InChI=1S/C12H18N2OS/c1-9(15)11-3-5-14(6-4-11)7-12-8-16-10(2)13-12/h8,11H,3-7H2,1-2H3. The molecule has 88 valence electrons. The molecule has 2 heterocycles. The Morgan fingerprint density at radius 1 is 1.56 bits per heavy atom. The van der Waals surface area contributed by atoms with Gasteiger partial charge in [0.1, 0.15) is 5.78 Å². The van der Waals surface area contributed by atoms with E-state index in [2.05, 4.69) is 15.3 Å². The van der Waals surface area contributed by atoms with Crippen molar-refractivity contribution in [1.82, 2.24) is 9.88 Å². The van der Waals surface area contributed by atoms with E-state index in [0.29, 0.717) is 11.7 Å². The number of hydrogen-bond acceptors (Lipinski definition) is 4. The van der Waals surface area contributed by atoms with Gasteiger partial charge in [0.25, 0.3) is 0 Å². The van der Waals surface area contributed by atoms with Gasteiger partial charge in [-0.3, -0.25) is 9.69 Å². The Kier molecular flexibility index (Phi) is 3.71. The second-order valence-electron chi connectivity index (χ2n) is 4.52. The summed E-state index contributed by atoms with van der Waals surface area (Å²) < 4.78 is 0. The first-order chi connectivity index (χ1) is 7.65. The van der Waals surface area contributed by atoms with Crippen molar-refractivity contribution < 1.29 is 4.79 Å². The molecule has 0 unspecified atom stereocenters. The fourth-order valence-electron chi connectivity index (χ4n) is 2.21. The zero-order valence-electron chi connectivity index (χ0n) is 9.90. The number of rotatable bonds is 3. The van der Waals surface area contributed by atoms with Gasteiger partial charge in [-0.25, -0.2) is 4.98 Å². The largest absolute Gasteiger partial charge is 0.300 e. The minimum absolute atomic E-state index is 0.299. The van der Waals surface area contributed by atoms with Crippen molar-refractivity contribution in [3.8, 4) is 0 Å². The number of carbonyl (C=O) groups is 1. The van der Waals surface area contributed by atoms with Crippen molar-refractivity contribution >= 4 is 17.1 Å². The molecule has 0 N–H and O–H groups in total. The summed E-state index contributed by atoms with van der Waals surface area (Å²) in [4.78, 5) is 18.1. The van der Waals surface area contributed by atoms with E-state index in [1.165, 1.54) is 5.69 Å². The molecule has 0 spiro atoms. The average Bonchev–Trinajstić information content (AvgIpc) is 2.65. The van der Waals surface area contributed by atoms with Crippen molar-refractivity contribution in [1.29, 1.82) is 0 Å². The third-order valence-corrected chi connectivity index (χ3v) is 4.04. The number of aromatic nitrogens is 1. The van der Waals surface area contributed by atoms with Crippen LogP contribution in [0.3, 0.4) is 0 Å². The highest BCUT2D eigenvalue weighted by molar-refractivity contribution is 7.09. The predicted molar refractivity (Wildman–Crippen MR) is 65.5 cm³/mol. The minimum atomic E-state index is 0.299. The van der Waals surface area contributed by atoms with Crippen LogP contribution < -0.4 is 0 Å². The Balaban J connectivity index is 1.83. The molecule has 0 amide bonds. The van der Waals surface area contributed by atoms with E-state index in [9.17, 15) is 4.79 Å². The van der Waals surface area contributed by atoms with Crippen molar-refractivity contribution in [2.45, 2.75) is 33.2 Å². The average molecular weight is 238 g/mol. The summed E-state index contributed by atoms with van der Waals surface area (Å²) in [5.74, 6) is 0.651. The van der Waals surface area contributed by atoms with Crippen LogP contribution in [0.5, 0.6) is 0 Å². The monoisotopic (exact) mass is 238 g/mol. The molecule has 4 heteroatoms. The van der Waals surface area contributed by atoms with Gasteiger partial charge in [-0.1, -0.05) is 0 Å². The van der Waals surface area contributed by atoms with Gasteiger partial charge in [0.05, 0.1) is 10.7 Å². The Morgan fingerprint density at radius 2 is 2.25 bits per heavy atom. The van der Waals surface area contributed by atoms with Crippen molar-refractivity contribution in [2.75, 3.05) is 13.1 Å². The first kappa shape index (κ1) is 11.7. The third kappa shape index (κ3) is 2.89. The number of carbonyl (C=O) groups excluding carboxylic acids is 1. The smallest absolute Gasteiger partial charge is 0.133 e. The molecule has 16 heavy (non-hydrogen) atoms. The van der Waals surface area contributed by atoms with E-state index in [1.54, 1.807) is 18.3 Å². The highest BCUT2D eigenvalue weighted by Crippen LogP contribution is 2.20. The van der Waals surface area contributed by atoms with Crippen LogP contribution in [0, 0.1) is 12.8 Å². The van der Waals surface area contributed by atoms with Crippen molar-refractivity contribution in [3.05, 3.63) is 16.1 Å². The Bertz CT molecular complexity index is 367. The number of nitrogens with zero attached hydrogens (tertiary/aromatic N) is 2. The molecule has 1 aliphatic heterocycles. The highest BCUT2D eigenvalue weighted by atomic mass is 32.1. The van der Waals surface area contributed by atoms with Crippen LogP contribution in [-0.2, 0) is 11.3 Å². The Morgan fingerprint density at radius 3 is 2.75 bits per heavy atom. The Hall–Kier alpha value is -0.740. The summed E-state index contributed by atoms with van der Waals surface area (Å²) in [6, 6.07) is 0. The molecule has 3 nitrogen and oxygen atoms in total. The highest BCUT2D eigenvalue weighted by Gasteiger charge is 2.22. The summed E-state index contributed by atoms with van der Waals surface area (Å²) in [7, 11) is 0. The fraction of sp³-hybridized carbons (Fsp3) is 0.667. The molecular formula is C12H18N2OS. The summed E-state index contributed by atoms with van der Waals surface area (Å²) in [6.45, 7) is 6.75. The molecule has 1 fully saturated rings. The van der Waals surface area contributed by atoms with E-state index in [0.717, 1.165) is 37.5 Å². The number of hydrogen-bond donors (Lipinski definition) is 0.